The highest BCUT2D eigenvalue weighted by Gasteiger charge is 2.12. The van der Waals surface area contributed by atoms with E-state index >= 15 is 0 Å². The second kappa shape index (κ2) is 8.12. The van der Waals surface area contributed by atoms with E-state index in [2.05, 4.69) is 20.6 Å². The zero-order chi connectivity index (χ0) is 12.1. The van der Waals surface area contributed by atoms with Gasteiger partial charge in [-0.15, -0.1) is 12.4 Å². The summed E-state index contributed by atoms with van der Waals surface area (Å²) in [6.45, 7) is 3.92. The summed E-state index contributed by atoms with van der Waals surface area (Å²) < 4.78 is 0. The highest BCUT2D eigenvalue weighted by molar-refractivity contribution is 6.32. The molecular formula is C11H17Cl3N4. The first-order valence-corrected chi connectivity index (χ1v) is 6.59. The van der Waals surface area contributed by atoms with Crippen LogP contribution in [-0.2, 0) is 6.54 Å². The summed E-state index contributed by atoms with van der Waals surface area (Å²) in [6, 6.07) is 0. The molecule has 2 heterocycles. The molecule has 1 atom stereocenters. The number of halogens is 3. The van der Waals surface area contributed by atoms with Crippen LogP contribution in [0.25, 0.3) is 0 Å². The van der Waals surface area contributed by atoms with Crippen molar-refractivity contribution in [1.82, 2.24) is 20.6 Å². The molecule has 1 fully saturated rings. The molecule has 1 unspecified atom stereocenters. The minimum absolute atomic E-state index is 0. The van der Waals surface area contributed by atoms with Crippen molar-refractivity contribution in [2.75, 3.05) is 19.6 Å². The summed E-state index contributed by atoms with van der Waals surface area (Å²) in [5, 5.41) is 7.40. The first kappa shape index (κ1) is 15.9. The Bertz CT molecular complexity index is 369. The van der Waals surface area contributed by atoms with Gasteiger partial charge in [-0.25, -0.2) is 9.97 Å². The van der Waals surface area contributed by atoms with Gasteiger partial charge in [0, 0.05) is 18.3 Å². The number of rotatable bonds is 4. The van der Waals surface area contributed by atoms with Crippen LogP contribution < -0.4 is 10.6 Å². The Morgan fingerprint density at radius 1 is 1.44 bits per heavy atom. The summed E-state index contributed by atoms with van der Waals surface area (Å²) in [6.07, 6.45) is 4.21. The topological polar surface area (TPSA) is 49.8 Å². The zero-order valence-electron chi connectivity index (χ0n) is 9.96. The highest BCUT2D eigenvalue weighted by atomic mass is 35.5. The van der Waals surface area contributed by atoms with Crippen LogP contribution in [-0.4, -0.2) is 29.6 Å². The van der Waals surface area contributed by atoms with Gasteiger partial charge in [-0.3, -0.25) is 0 Å². The summed E-state index contributed by atoms with van der Waals surface area (Å²) >= 11 is 11.6. The molecule has 2 rings (SSSR count). The van der Waals surface area contributed by atoms with Crippen LogP contribution in [0.5, 0.6) is 0 Å². The third-order valence-corrected chi connectivity index (χ3v) is 3.44. The van der Waals surface area contributed by atoms with E-state index in [1.165, 1.54) is 12.8 Å². The zero-order valence-corrected chi connectivity index (χ0v) is 12.3. The molecule has 0 aromatic carbocycles. The Kier molecular flexibility index (Phi) is 7.19. The van der Waals surface area contributed by atoms with E-state index in [1.54, 1.807) is 6.20 Å². The van der Waals surface area contributed by atoms with Gasteiger partial charge in [0.2, 0.25) is 5.28 Å². The van der Waals surface area contributed by atoms with E-state index < -0.39 is 0 Å². The number of nitrogens with one attached hydrogen (secondary N) is 2. The van der Waals surface area contributed by atoms with Crippen LogP contribution in [0, 0.1) is 5.92 Å². The van der Waals surface area contributed by atoms with Gasteiger partial charge in [-0.05, 0) is 50.0 Å². The van der Waals surface area contributed by atoms with Crippen molar-refractivity contribution in [2.24, 2.45) is 5.92 Å². The molecule has 102 valence electrons. The second-order valence-electron chi connectivity index (χ2n) is 4.30. The van der Waals surface area contributed by atoms with E-state index in [1.807, 2.05) is 0 Å². The van der Waals surface area contributed by atoms with Crippen molar-refractivity contribution in [3.05, 3.63) is 22.2 Å². The van der Waals surface area contributed by atoms with Crippen molar-refractivity contribution in [3.63, 3.8) is 0 Å². The first-order valence-electron chi connectivity index (χ1n) is 5.84. The Morgan fingerprint density at radius 3 is 2.94 bits per heavy atom. The quantitative estimate of drug-likeness (QED) is 0.662. The first-order chi connectivity index (χ1) is 8.25. The lowest BCUT2D eigenvalue weighted by molar-refractivity contribution is 0.360. The van der Waals surface area contributed by atoms with Crippen LogP contribution in [0.1, 0.15) is 18.4 Å². The van der Waals surface area contributed by atoms with Crippen molar-refractivity contribution < 1.29 is 0 Å². The Labute approximate surface area is 123 Å². The van der Waals surface area contributed by atoms with Crippen LogP contribution in [0.3, 0.4) is 0 Å². The maximum atomic E-state index is 5.96. The van der Waals surface area contributed by atoms with Gasteiger partial charge in [0.1, 0.15) is 5.15 Å². The summed E-state index contributed by atoms with van der Waals surface area (Å²) in [5.74, 6) is 0.704. The lowest BCUT2D eigenvalue weighted by Crippen LogP contribution is -2.35. The molecule has 1 aromatic rings. The molecular weight excluding hydrogens is 295 g/mol. The summed E-state index contributed by atoms with van der Waals surface area (Å²) in [4.78, 5) is 7.83. The van der Waals surface area contributed by atoms with E-state index in [-0.39, 0.29) is 17.7 Å². The minimum Gasteiger partial charge on any atom is -0.316 e. The fraction of sp³-hybridized carbons (Fsp3) is 0.636. The van der Waals surface area contributed by atoms with Gasteiger partial charge < -0.3 is 10.6 Å². The van der Waals surface area contributed by atoms with Gasteiger partial charge in [0.15, 0.2) is 0 Å². The molecule has 1 aliphatic heterocycles. The maximum Gasteiger partial charge on any atom is 0.223 e. The van der Waals surface area contributed by atoms with Crippen molar-refractivity contribution in [3.8, 4) is 0 Å². The predicted molar refractivity (Wildman–Crippen MR) is 76.6 cm³/mol. The number of hydrogen-bond donors (Lipinski definition) is 2. The van der Waals surface area contributed by atoms with Gasteiger partial charge in [-0.1, -0.05) is 11.6 Å². The van der Waals surface area contributed by atoms with Gasteiger partial charge >= 0.3 is 0 Å². The molecule has 0 bridgehead atoms. The number of hydrogen-bond acceptors (Lipinski definition) is 4. The molecule has 2 N–H and O–H groups in total. The van der Waals surface area contributed by atoms with Crippen LogP contribution in [0.4, 0.5) is 0 Å². The SMILES string of the molecule is Cl.Clc1ncc(CNCC2CCCNC2)c(Cl)n1. The highest BCUT2D eigenvalue weighted by Crippen LogP contribution is 2.14. The van der Waals surface area contributed by atoms with Gasteiger partial charge in [0.25, 0.3) is 0 Å². The Hall–Kier alpha value is -0.130. The molecule has 7 heteroatoms. The molecule has 0 aliphatic carbocycles. The molecule has 0 amide bonds. The molecule has 1 saturated heterocycles. The molecule has 0 saturated carbocycles. The molecule has 0 spiro atoms. The number of piperidine rings is 1. The summed E-state index contributed by atoms with van der Waals surface area (Å²) in [5.41, 5.74) is 0.889. The normalized spacial score (nSPS) is 19.3. The van der Waals surface area contributed by atoms with Crippen LogP contribution >= 0.6 is 35.6 Å². The van der Waals surface area contributed by atoms with Crippen molar-refractivity contribution in [1.29, 1.82) is 0 Å². The lowest BCUT2D eigenvalue weighted by atomic mass is 10.00. The lowest BCUT2D eigenvalue weighted by Gasteiger charge is -2.22. The molecule has 1 aliphatic rings. The minimum atomic E-state index is 0. The van der Waals surface area contributed by atoms with E-state index in [0.29, 0.717) is 17.6 Å². The molecule has 0 radical (unpaired) electrons. The Balaban J connectivity index is 0.00000162. The fourth-order valence-corrected chi connectivity index (χ4v) is 2.37. The maximum absolute atomic E-state index is 5.96. The molecule has 18 heavy (non-hydrogen) atoms. The monoisotopic (exact) mass is 310 g/mol. The number of aromatic nitrogens is 2. The van der Waals surface area contributed by atoms with Gasteiger partial charge in [0.05, 0.1) is 0 Å². The second-order valence-corrected chi connectivity index (χ2v) is 4.99. The average molecular weight is 312 g/mol. The van der Waals surface area contributed by atoms with Crippen LogP contribution in [0.15, 0.2) is 6.20 Å². The average Bonchev–Trinajstić information content (AvgIpc) is 2.33. The summed E-state index contributed by atoms with van der Waals surface area (Å²) in [7, 11) is 0. The smallest absolute Gasteiger partial charge is 0.223 e. The van der Waals surface area contributed by atoms with Gasteiger partial charge in [-0.2, -0.15) is 0 Å². The largest absolute Gasteiger partial charge is 0.316 e. The predicted octanol–water partition coefficient (Wildman–Crippen LogP) is 2.29. The Morgan fingerprint density at radius 2 is 2.28 bits per heavy atom. The van der Waals surface area contributed by atoms with Crippen molar-refractivity contribution in [2.45, 2.75) is 19.4 Å². The van der Waals surface area contributed by atoms with Crippen molar-refractivity contribution >= 4 is 35.6 Å². The van der Waals surface area contributed by atoms with E-state index in [4.69, 9.17) is 23.2 Å². The number of nitrogens with zero attached hydrogens (tertiary/aromatic N) is 2. The fourth-order valence-electron chi connectivity index (χ4n) is 1.99. The van der Waals surface area contributed by atoms with E-state index in [0.717, 1.165) is 25.2 Å². The molecule has 4 nitrogen and oxygen atoms in total. The standard InChI is InChI=1S/C11H16Cl2N4.ClH/c12-10-9(7-16-11(13)17-10)6-15-5-8-2-1-3-14-4-8;/h7-8,14-15H,1-6H2;1H. The van der Waals surface area contributed by atoms with Crippen LogP contribution in [0.2, 0.25) is 10.4 Å². The van der Waals surface area contributed by atoms with E-state index in [9.17, 15) is 0 Å². The third kappa shape index (κ3) is 4.86. The molecule has 1 aromatic heterocycles. The third-order valence-electron chi connectivity index (χ3n) is 2.93.